The average Bonchev–Trinajstić information content (AvgIpc) is 2.59. The highest BCUT2D eigenvalue weighted by atomic mass is 16.2. The first-order chi connectivity index (χ1) is 9.18. The number of hydrogen-bond acceptors (Lipinski definition) is 2. The molecule has 2 heterocycles. The molecule has 4 heteroatoms. The van der Waals surface area contributed by atoms with Gasteiger partial charge in [-0.2, -0.15) is 0 Å². The zero-order valence-electron chi connectivity index (χ0n) is 11.1. The Morgan fingerprint density at radius 1 is 1.26 bits per heavy atom. The van der Waals surface area contributed by atoms with E-state index in [1.54, 1.807) is 4.90 Å². The zero-order chi connectivity index (χ0) is 13.4. The number of hydrogen-bond donors (Lipinski definition) is 1. The lowest BCUT2D eigenvalue weighted by molar-refractivity contribution is -0.125. The first-order valence-corrected chi connectivity index (χ1v) is 6.85. The Morgan fingerprint density at radius 3 is 2.89 bits per heavy atom. The van der Waals surface area contributed by atoms with E-state index in [9.17, 15) is 9.59 Å². The summed E-state index contributed by atoms with van der Waals surface area (Å²) in [4.78, 5) is 26.3. The largest absolute Gasteiger partial charge is 0.354 e. The number of aryl methyl sites for hydroxylation is 1. The smallest absolute Gasteiger partial charge is 0.255 e. The molecule has 2 amide bonds. The lowest BCUT2D eigenvalue weighted by atomic mass is 10.1. The molecular formula is C15H18N2O2. The van der Waals surface area contributed by atoms with Crippen molar-refractivity contribution in [3.05, 3.63) is 34.9 Å². The fourth-order valence-electron chi connectivity index (χ4n) is 2.98. The summed E-state index contributed by atoms with van der Waals surface area (Å²) < 4.78 is 0. The summed E-state index contributed by atoms with van der Waals surface area (Å²) in [6.07, 6.45) is 2.75. The Balaban J connectivity index is 1.90. The molecule has 0 spiro atoms. The maximum atomic E-state index is 12.5. The van der Waals surface area contributed by atoms with E-state index in [1.165, 1.54) is 0 Å². The predicted molar refractivity (Wildman–Crippen MR) is 71.7 cm³/mol. The predicted octanol–water partition coefficient (Wildman–Crippen LogP) is 1.62. The molecule has 1 N–H and O–H groups in total. The normalized spacial score (nSPS) is 23.0. The van der Waals surface area contributed by atoms with Crippen molar-refractivity contribution in [2.45, 2.75) is 38.8 Å². The molecular weight excluding hydrogens is 240 g/mol. The Bertz CT molecular complexity index is 539. The molecule has 1 aromatic rings. The Morgan fingerprint density at radius 2 is 2.11 bits per heavy atom. The van der Waals surface area contributed by atoms with Gasteiger partial charge in [0.05, 0.1) is 0 Å². The van der Waals surface area contributed by atoms with Gasteiger partial charge in [0.15, 0.2) is 0 Å². The van der Waals surface area contributed by atoms with Gasteiger partial charge in [0.1, 0.15) is 6.04 Å². The molecule has 0 aromatic heterocycles. The molecule has 1 saturated heterocycles. The highest BCUT2D eigenvalue weighted by Gasteiger charge is 2.37. The average molecular weight is 258 g/mol. The first-order valence-electron chi connectivity index (χ1n) is 6.85. The third-order valence-corrected chi connectivity index (χ3v) is 4.11. The minimum atomic E-state index is -0.304. The molecule has 1 atom stereocenters. The number of carbonyl (C=O) groups is 2. The molecule has 1 aromatic carbocycles. The summed E-state index contributed by atoms with van der Waals surface area (Å²) in [6.45, 7) is 3.31. The standard InChI is InChI=1S/C15H18N2O2/c1-10-5-4-6-11-12(10)9-17(15(11)19)13-7-2-3-8-16-14(13)18/h4-6,13H,2-3,7-9H2,1H3,(H,16,18)/t13-/m0/s1. The lowest BCUT2D eigenvalue weighted by Crippen LogP contribution is -2.45. The molecule has 4 nitrogen and oxygen atoms in total. The highest BCUT2D eigenvalue weighted by molar-refractivity contribution is 6.01. The van der Waals surface area contributed by atoms with Crippen molar-refractivity contribution in [2.75, 3.05) is 6.54 Å². The summed E-state index contributed by atoms with van der Waals surface area (Å²) in [5.74, 6) is -0.00272. The minimum absolute atomic E-state index is 0.000694. The summed E-state index contributed by atoms with van der Waals surface area (Å²) in [6, 6.07) is 5.48. The number of nitrogens with zero attached hydrogens (tertiary/aromatic N) is 1. The van der Waals surface area contributed by atoms with Crippen LogP contribution in [0.5, 0.6) is 0 Å². The zero-order valence-corrected chi connectivity index (χ0v) is 11.1. The van der Waals surface area contributed by atoms with E-state index in [1.807, 2.05) is 25.1 Å². The SMILES string of the molecule is Cc1cccc2c1CN([C@H]1CCCCNC1=O)C2=O. The van der Waals surface area contributed by atoms with Crippen LogP contribution in [0.4, 0.5) is 0 Å². The maximum absolute atomic E-state index is 12.5. The number of benzene rings is 1. The Labute approximate surface area is 112 Å². The summed E-state index contributed by atoms with van der Waals surface area (Å²) in [5, 5.41) is 2.90. The van der Waals surface area contributed by atoms with Gasteiger partial charge >= 0.3 is 0 Å². The van der Waals surface area contributed by atoms with Gasteiger partial charge in [0.25, 0.3) is 5.91 Å². The molecule has 0 bridgehead atoms. The monoisotopic (exact) mass is 258 g/mol. The van der Waals surface area contributed by atoms with Crippen molar-refractivity contribution in [1.29, 1.82) is 0 Å². The molecule has 0 saturated carbocycles. The van der Waals surface area contributed by atoms with Crippen LogP contribution in [-0.4, -0.2) is 29.3 Å². The van der Waals surface area contributed by atoms with E-state index in [2.05, 4.69) is 5.32 Å². The molecule has 1 fully saturated rings. The van der Waals surface area contributed by atoms with Gasteiger partial charge in [0, 0.05) is 18.7 Å². The highest BCUT2D eigenvalue weighted by Crippen LogP contribution is 2.29. The van der Waals surface area contributed by atoms with Gasteiger partial charge in [0.2, 0.25) is 5.91 Å². The maximum Gasteiger partial charge on any atom is 0.255 e. The van der Waals surface area contributed by atoms with E-state index < -0.39 is 0 Å². The molecule has 3 rings (SSSR count). The fraction of sp³-hybridized carbons (Fsp3) is 0.467. The van der Waals surface area contributed by atoms with Gasteiger partial charge in [-0.05, 0) is 43.4 Å². The molecule has 0 aliphatic carbocycles. The molecule has 0 unspecified atom stereocenters. The quantitative estimate of drug-likeness (QED) is 0.832. The van der Waals surface area contributed by atoms with Crippen LogP contribution in [-0.2, 0) is 11.3 Å². The Hall–Kier alpha value is -1.84. The number of rotatable bonds is 1. The van der Waals surface area contributed by atoms with E-state index in [0.717, 1.165) is 42.5 Å². The van der Waals surface area contributed by atoms with Gasteiger partial charge in [-0.15, -0.1) is 0 Å². The number of carbonyl (C=O) groups excluding carboxylic acids is 2. The molecule has 100 valence electrons. The second kappa shape index (κ2) is 4.68. The second-order valence-corrected chi connectivity index (χ2v) is 5.34. The van der Waals surface area contributed by atoms with Crippen molar-refractivity contribution < 1.29 is 9.59 Å². The van der Waals surface area contributed by atoms with Crippen molar-refractivity contribution >= 4 is 11.8 Å². The molecule has 19 heavy (non-hydrogen) atoms. The van der Waals surface area contributed by atoms with Crippen LogP contribution in [0.15, 0.2) is 18.2 Å². The van der Waals surface area contributed by atoms with E-state index in [4.69, 9.17) is 0 Å². The van der Waals surface area contributed by atoms with Gasteiger partial charge in [-0.3, -0.25) is 9.59 Å². The van der Waals surface area contributed by atoms with Crippen LogP contribution in [0.25, 0.3) is 0 Å². The minimum Gasteiger partial charge on any atom is -0.354 e. The molecule has 2 aliphatic rings. The first kappa shape index (κ1) is 12.2. The van der Waals surface area contributed by atoms with Crippen LogP contribution in [0.1, 0.15) is 40.7 Å². The van der Waals surface area contributed by atoms with E-state index in [-0.39, 0.29) is 17.9 Å². The third-order valence-electron chi connectivity index (χ3n) is 4.11. The van der Waals surface area contributed by atoms with Gasteiger partial charge < -0.3 is 10.2 Å². The number of amides is 2. The van der Waals surface area contributed by atoms with Crippen LogP contribution in [0.2, 0.25) is 0 Å². The second-order valence-electron chi connectivity index (χ2n) is 5.34. The summed E-state index contributed by atoms with van der Waals surface area (Å²) in [5.41, 5.74) is 2.96. The van der Waals surface area contributed by atoms with Gasteiger partial charge in [-0.25, -0.2) is 0 Å². The number of nitrogens with one attached hydrogen (secondary N) is 1. The summed E-state index contributed by atoms with van der Waals surface area (Å²) >= 11 is 0. The molecule has 2 aliphatic heterocycles. The topological polar surface area (TPSA) is 49.4 Å². The lowest BCUT2D eigenvalue weighted by Gasteiger charge is -2.25. The van der Waals surface area contributed by atoms with Crippen molar-refractivity contribution in [3.63, 3.8) is 0 Å². The third kappa shape index (κ3) is 2.01. The van der Waals surface area contributed by atoms with Crippen molar-refractivity contribution in [2.24, 2.45) is 0 Å². The fourth-order valence-corrected chi connectivity index (χ4v) is 2.98. The number of fused-ring (bicyclic) bond motifs is 1. The van der Waals surface area contributed by atoms with Crippen molar-refractivity contribution in [1.82, 2.24) is 10.2 Å². The van der Waals surface area contributed by atoms with Crippen LogP contribution in [0, 0.1) is 6.92 Å². The van der Waals surface area contributed by atoms with E-state index in [0.29, 0.717) is 6.54 Å². The van der Waals surface area contributed by atoms with Crippen molar-refractivity contribution in [3.8, 4) is 0 Å². The van der Waals surface area contributed by atoms with Crippen LogP contribution < -0.4 is 5.32 Å². The Kier molecular flexibility index (Phi) is 3.01. The van der Waals surface area contributed by atoms with Crippen LogP contribution in [0.3, 0.4) is 0 Å². The molecule has 0 radical (unpaired) electrons. The van der Waals surface area contributed by atoms with E-state index >= 15 is 0 Å². The van der Waals surface area contributed by atoms with Gasteiger partial charge in [-0.1, -0.05) is 12.1 Å². The van der Waals surface area contributed by atoms with Crippen LogP contribution >= 0.6 is 0 Å². The summed E-state index contributed by atoms with van der Waals surface area (Å²) in [7, 11) is 0.